The van der Waals surface area contributed by atoms with Crippen LogP contribution in [0, 0.1) is 6.92 Å². The first-order chi connectivity index (χ1) is 20.4. The van der Waals surface area contributed by atoms with Crippen LogP contribution in [0.1, 0.15) is 86.0 Å². The molecule has 1 amide bonds. The van der Waals surface area contributed by atoms with Gasteiger partial charge >= 0.3 is 0 Å². The maximum Gasteiger partial charge on any atom is 0.251 e. The Morgan fingerprint density at radius 1 is 1.07 bits per heavy atom. The number of hydrogen-bond acceptors (Lipinski definition) is 6. The molecule has 8 nitrogen and oxygen atoms in total. The number of carbonyl (C=O) groups is 1. The van der Waals surface area contributed by atoms with Gasteiger partial charge in [0.25, 0.3) is 5.91 Å². The van der Waals surface area contributed by atoms with E-state index in [9.17, 15) is 4.79 Å². The van der Waals surface area contributed by atoms with Gasteiger partial charge in [0.1, 0.15) is 11.6 Å². The van der Waals surface area contributed by atoms with Gasteiger partial charge in [0.2, 0.25) is 0 Å². The van der Waals surface area contributed by atoms with Gasteiger partial charge in [-0.2, -0.15) is 9.61 Å². The Balaban J connectivity index is 0.000000763. The third-order valence-corrected chi connectivity index (χ3v) is 7.83. The Labute approximate surface area is 254 Å². The highest BCUT2D eigenvalue weighted by molar-refractivity contribution is 6.31. The molecule has 2 fully saturated rings. The van der Waals surface area contributed by atoms with Crippen molar-refractivity contribution in [3.05, 3.63) is 82.0 Å². The number of halogens is 1. The van der Waals surface area contributed by atoms with E-state index in [1.165, 1.54) is 32.1 Å². The van der Waals surface area contributed by atoms with Gasteiger partial charge in [-0.05, 0) is 81.0 Å². The third-order valence-electron chi connectivity index (χ3n) is 7.47. The Morgan fingerprint density at radius 2 is 1.79 bits per heavy atom. The molecule has 2 aliphatic rings. The minimum atomic E-state index is -0.136. The van der Waals surface area contributed by atoms with Crippen molar-refractivity contribution in [3.8, 4) is 0 Å². The number of carbonyl (C=O) groups excluding carboxylic acids is 1. The molecule has 1 aliphatic heterocycles. The van der Waals surface area contributed by atoms with Crippen molar-refractivity contribution in [3.63, 3.8) is 0 Å². The van der Waals surface area contributed by atoms with Gasteiger partial charge < -0.3 is 20.6 Å². The molecule has 9 heteroatoms. The smallest absolute Gasteiger partial charge is 0.251 e. The number of anilines is 3. The lowest BCUT2D eigenvalue weighted by Gasteiger charge is -2.23. The van der Waals surface area contributed by atoms with Crippen molar-refractivity contribution in [2.45, 2.75) is 78.3 Å². The zero-order valence-corrected chi connectivity index (χ0v) is 26.1. The van der Waals surface area contributed by atoms with Gasteiger partial charge in [0, 0.05) is 60.6 Å². The third kappa shape index (κ3) is 7.41. The van der Waals surface area contributed by atoms with Crippen LogP contribution in [0.5, 0.6) is 0 Å². The number of aliphatic hydroxyl groups excluding tert-OH is 1. The van der Waals surface area contributed by atoms with E-state index in [0.29, 0.717) is 29.1 Å². The highest BCUT2D eigenvalue weighted by Gasteiger charge is 2.28. The molecule has 1 atom stereocenters. The normalized spacial score (nSPS) is 15.9. The van der Waals surface area contributed by atoms with Gasteiger partial charge in [0.15, 0.2) is 5.65 Å². The second-order valence-corrected chi connectivity index (χ2v) is 11.3. The first-order valence-electron chi connectivity index (χ1n) is 14.9. The lowest BCUT2D eigenvalue weighted by molar-refractivity contribution is 0.0951. The van der Waals surface area contributed by atoms with Crippen LogP contribution in [0.15, 0.2) is 54.6 Å². The van der Waals surface area contributed by atoms with Crippen LogP contribution in [-0.4, -0.2) is 45.3 Å². The molecular formula is C33H43ClN6O2. The van der Waals surface area contributed by atoms with Crippen molar-refractivity contribution >= 4 is 40.5 Å². The van der Waals surface area contributed by atoms with E-state index < -0.39 is 0 Å². The largest absolute Gasteiger partial charge is 0.400 e. The Morgan fingerprint density at radius 3 is 2.40 bits per heavy atom. The summed E-state index contributed by atoms with van der Waals surface area (Å²) in [5.41, 5.74) is 5.45. The van der Waals surface area contributed by atoms with E-state index in [4.69, 9.17) is 26.8 Å². The maximum absolute atomic E-state index is 12.8. The fourth-order valence-electron chi connectivity index (χ4n) is 5.08. The summed E-state index contributed by atoms with van der Waals surface area (Å²) in [4.78, 5) is 20.1. The predicted octanol–water partition coefficient (Wildman–Crippen LogP) is 7.26. The summed E-state index contributed by atoms with van der Waals surface area (Å²) in [6.07, 6.45) is 6.01. The van der Waals surface area contributed by atoms with Crippen LogP contribution < -0.4 is 15.5 Å². The SMILES string of the molecule is CCC.CO.Cc1cccc(Cl)c1CNC(=O)c1ccc(Nc2cc(N3CCCC3C)nc3cc(C4CC4)nn23)cc1. The number of amides is 1. The Bertz CT molecular complexity index is 1460. The second kappa shape index (κ2) is 14.5. The summed E-state index contributed by atoms with van der Waals surface area (Å²) in [5, 5.41) is 19.0. The fraction of sp³-hybridized carbons (Fsp3) is 0.424. The minimum Gasteiger partial charge on any atom is -0.400 e. The Kier molecular flexibility index (Phi) is 10.8. The monoisotopic (exact) mass is 590 g/mol. The van der Waals surface area contributed by atoms with Gasteiger partial charge in [-0.1, -0.05) is 44.0 Å². The summed E-state index contributed by atoms with van der Waals surface area (Å²) in [7, 11) is 1.00. The summed E-state index contributed by atoms with van der Waals surface area (Å²) >= 11 is 6.31. The topological polar surface area (TPSA) is 94.8 Å². The molecule has 1 saturated carbocycles. The predicted molar refractivity (Wildman–Crippen MR) is 172 cm³/mol. The van der Waals surface area contributed by atoms with Crippen LogP contribution in [0.2, 0.25) is 5.02 Å². The van der Waals surface area contributed by atoms with Crippen molar-refractivity contribution in [1.82, 2.24) is 19.9 Å². The molecule has 2 aromatic heterocycles. The summed E-state index contributed by atoms with van der Waals surface area (Å²) in [6, 6.07) is 17.9. The molecule has 3 N–H and O–H groups in total. The van der Waals surface area contributed by atoms with Crippen molar-refractivity contribution < 1.29 is 9.90 Å². The molecule has 42 heavy (non-hydrogen) atoms. The number of fused-ring (bicyclic) bond motifs is 1. The van der Waals surface area contributed by atoms with E-state index in [0.717, 1.165) is 53.4 Å². The van der Waals surface area contributed by atoms with E-state index in [-0.39, 0.29) is 5.91 Å². The van der Waals surface area contributed by atoms with Crippen LogP contribution >= 0.6 is 11.6 Å². The molecule has 1 aliphatic carbocycles. The highest BCUT2D eigenvalue weighted by atomic mass is 35.5. The van der Waals surface area contributed by atoms with Crippen LogP contribution in [0.4, 0.5) is 17.3 Å². The number of aromatic nitrogens is 3. The van der Waals surface area contributed by atoms with Gasteiger partial charge in [-0.25, -0.2) is 4.98 Å². The molecule has 4 aromatic rings. The number of aliphatic hydroxyl groups is 1. The van der Waals surface area contributed by atoms with Crippen LogP contribution in [-0.2, 0) is 6.54 Å². The van der Waals surface area contributed by atoms with Crippen molar-refractivity contribution in [1.29, 1.82) is 0 Å². The first-order valence-corrected chi connectivity index (χ1v) is 15.3. The fourth-order valence-corrected chi connectivity index (χ4v) is 5.37. The molecule has 6 rings (SSSR count). The quantitative estimate of drug-likeness (QED) is 0.210. The number of benzene rings is 2. The van der Waals surface area contributed by atoms with E-state index >= 15 is 0 Å². The molecule has 2 aromatic carbocycles. The lowest BCUT2D eigenvalue weighted by atomic mass is 10.1. The zero-order chi connectivity index (χ0) is 30.2. The number of nitrogens with zero attached hydrogens (tertiary/aromatic N) is 4. The number of rotatable bonds is 7. The standard InChI is InChI=1S/C29H31ClN6O.C3H8.CH4O/c1-18-5-3-7-24(30)23(18)17-31-29(37)21-10-12-22(13-11-21)32-28-16-26(35-14-4-6-19(35)2)33-27-15-25(20-8-9-20)34-36(27)28;1-3-2;1-2/h3,5,7,10-13,15-16,19-20,32H,4,6,8-9,14,17H2,1-2H3,(H,31,37);3H2,1-2H3;2H,1H3. The molecule has 0 radical (unpaired) electrons. The van der Waals surface area contributed by atoms with Gasteiger partial charge in [-0.15, -0.1) is 0 Å². The highest BCUT2D eigenvalue weighted by Crippen LogP contribution is 2.40. The first kappa shape index (κ1) is 31.3. The molecule has 0 spiro atoms. The number of aryl methyl sites for hydroxylation is 1. The number of nitrogens with one attached hydrogen (secondary N) is 2. The molecule has 3 heterocycles. The summed E-state index contributed by atoms with van der Waals surface area (Å²) in [6.45, 7) is 9.91. The van der Waals surface area contributed by atoms with Gasteiger partial charge in [0.05, 0.1) is 5.69 Å². The molecular weight excluding hydrogens is 548 g/mol. The van der Waals surface area contributed by atoms with Crippen molar-refractivity contribution in [2.75, 3.05) is 23.9 Å². The van der Waals surface area contributed by atoms with E-state index in [1.807, 2.05) is 53.9 Å². The molecule has 1 unspecified atom stereocenters. The molecule has 224 valence electrons. The zero-order valence-electron chi connectivity index (χ0n) is 25.3. The van der Waals surface area contributed by atoms with Crippen LogP contribution in [0.3, 0.4) is 0 Å². The van der Waals surface area contributed by atoms with E-state index in [2.05, 4.69) is 48.4 Å². The minimum absolute atomic E-state index is 0.136. The number of hydrogen-bond donors (Lipinski definition) is 3. The lowest BCUT2D eigenvalue weighted by Crippen LogP contribution is -2.27. The average molecular weight is 591 g/mol. The molecule has 0 bridgehead atoms. The summed E-state index contributed by atoms with van der Waals surface area (Å²) < 4.78 is 1.91. The maximum atomic E-state index is 12.8. The summed E-state index contributed by atoms with van der Waals surface area (Å²) in [5.74, 6) is 2.27. The Hall–Kier alpha value is -3.62. The second-order valence-electron chi connectivity index (χ2n) is 10.9. The van der Waals surface area contributed by atoms with E-state index in [1.54, 1.807) is 0 Å². The van der Waals surface area contributed by atoms with Crippen LogP contribution in [0.25, 0.3) is 5.65 Å². The molecule has 1 saturated heterocycles. The average Bonchev–Trinajstić information content (AvgIpc) is 3.60. The van der Waals surface area contributed by atoms with Gasteiger partial charge in [-0.3, -0.25) is 4.79 Å². The van der Waals surface area contributed by atoms with Crippen molar-refractivity contribution in [2.24, 2.45) is 0 Å².